The van der Waals surface area contributed by atoms with Crippen molar-refractivity contribution in [1.29, 1.82) is 5.26 Å². The highest BCUT2D eigenvalue weighted by molar-refractivity contribution is 5.83. The van der Waals surface area contributed by atoms with Gasteiger partial charge in [0.1, 0.15) is 18.1 Å². The predicted molar refractivity (Wildman–Crippen MR) is 96.7 cm³/mol. The normalized spacial score (nSPS) is 10.7. The molecule has 0 unspecified atom stereocenters. The number of hydrogen-bond acceptors (Lipinski definition) is 6. The lowest BCUT2D eigenvalue weighted by Gasteiger charge is -2.07. The highest BCUT2D eigenvalue weighted by Gasteiger charge is 2.11. The van der Waals surface area contributed by atoms with Crippen LogP contribution >= 0.6 is 0 Å². The minimum atomic E-state index is 0.0469. The molecule has 0 saturated carbocycles. The Morgan fingerprint density at radius 1 is 1.15 bits per heavy atom. The number of benzene rings is 2. The van der Waals surface area contributed by atoms with Gasteiger partial charge in [0.05, 0.1) is 14.2 Å². The third kappa shape index (κ3) is 3.35. The van der Waals surface area contributed by atoms with Crippen LogP contribution in [0.5, 0.6) is 17.2 Å². The van der Waals surface area contributed by atoms with E-state index in [1.165, 1.54) is 13.2 Å². The van der Waals surface area contributed by atoms with Gasteiger partial charge in [-0.3, -0.25) is 4.57 Å². The van der Waals surface area contributed by atoms with Gasteiger partial charge < -0.3 is 14.6 Å². The first-order valence-corrected chi connectivity index (χ1v) is 7.69. The number of hydrogen-bond donors (Lipinski definition) is 1. The summed E-state index contributed by atoms with van der Waals surface area (Å²) in [4.78, 5) is 8.52. The summed E-state index contributed by atoms with van der Waals surface area (Å²) in [7, 11) is 3.07. The quantitative estimate of drug-likeness (QED) is 0.715. The Labute approximate surface area is 150 Å². The number of aromatic nitrogens is 2. The van der Waals surface area contributed by atoms with Gasteiger partial charge in [0, 0.05) is 11.9 Å². The van der Waals surface area contributed by atoms with Crippen LogP contribution in [-0.4, -0.2) is 35.1 Å². The van der Waals surface area contributed by atoms with Crippen molar-refractivity contribution in [2.45, 2.75) is 0 Å². The highest BCUT2D eigenvalue weighted by Crippen LogP contribution is 2.27. The van der Waals surface area contributed by atoms with E-state index in [1.807, 2.05) is 30.3 Å². The molecular formula is C19H16N4O3. The summed E-state index contributed by atoms with van der Waals surface area (Å²) in [6.45, 7) is 0. The maximum atomic E-state index is 9.67. The smallest absolute Gasteiger partial charge is 0.185 e. The molecule has 7 heteroatoms. The molecule has 26 heavy (non-hydrogen) atoms. The number of aromatic hydroxyl groups is 1. The van der Waals surface area contributed by atoms with Crippen molar-refractivity contribution >= 4 is 12.0 Å². The van der Waals surface area contributed by atoms with Crippen LogP contribution in [0.4, 0.5) is 5.82 Å². The molecular weight excluding hydrogens is 332 g/mol. The van der Waals surface area contributed by atoms with Crippen molar-refractivity contribution in [1.82, 2.24) is 9.55 Å². The maximum Gasteiger partial charge on any atom is 0.185 e. The molecule has 3 rings (SSSR count). The Morgan fingerprint density at radius 3 is 2.58 bits per heavy atom. The van der Waals surface area contributed by atoms with Crippen molar-refractivity contribution in [2.24, 2.45) is 4.99 Å². The van der Waals surface area contributed by atoms with Crippen LogP contribution in [0.1, 0.15) is 11.3 Å². The van der Waals surface area contributed by atoms with Crippen LogP contribution in [0.2, 0.25) is 0 Å². The third-order valence-electron chi connectivity index (χ3n) is 3.74. The molecule has 1 N–H and O–H groups in total. The fourth-order valence-corrected chi connectivity index (χ4v) is 2.39. The van der Waals surface area contributed by atoms with E-state index in [2.05, 4.69) is 9.98 Å². The van der Waals surface area contributed by atoms with E-state index in [0.717, 1.165) is 11.4 Å². The number of nitriles is 1. The average molecular weight is 348 g/mol. The van der Waals surface area contributed by atoms with Crippen molar-refractivity contribution in [2.75, 3.05) is 14.2 Å². The van der Waals surface area contributed by atoms with Crippen LogP contribution in [-0.2, 0) is 0 Å². The number of rotatable bonds is 5. The second-order valence-electron chi connectivity index (χ2n) is 5.29. The van der Waals surface area contributed by atoms with Gasteiger partial charge in [-0.1, -0.05) is 0 Å². The van der Waals surface area contributed by atoms with Gasteiger partial charge in [0.15, 0.2) is 23.0 Å². The molecule has 0 atom stereocenters. The molecule has 0 aliphatic rings. The molecule has 0 radical (unpaired) electrons. The minimum Gasteiger partial charge on any atom is -0.504 e. The Balaban J connectivity index is 1.99. The van der Waals surface area contributed by atoms with E-state index < -0.39 is 0 Å². The van der Waals surface area contributed by atoms with Gasteiger partial charge in [-0.05, 0) is 48.0 Å². The van der Waals surface area contributed by atoms with Crippen molar-refractivity contribution in [3.63, 3.8) is 0 Å². The Morgan fingerprint density at radius 2 is 1.92 bits per heavy atom. The first-order valence-electron chi connectivity index (χ1n) is 7.69. The number of ether oxygens (including phenoxy) is 2. The van der Waals surface area contributed by atoms with E-state index in [9.17, 15) is 10.4 Å². The summed E-state index contributed by atoms with van der Waals surface area (Å²) in [6, 6.07) is 14.3. The molecule has 1 heterocycles. The van der Waals surface area contributed by atoms with E-state index in [-0.39, 0.29) is 11.4 Å². The fourth-order valence-electron chi connectivity index (χ4n) is 2.39. The summed E-state index contributed by atoms with van der Waals surface area (Å²) in [6.07, 6.45) is 3.13. The van der Waals surface area contributed by atoms with E-state index >= 15 is 0 Å². The van der Waals surface area contributed by atoms with Gasteiger partial charge in [0.25, 0.3) is 0 Å². The van der Waals surface area contributed by atoms with Crippen LogP contribution in [0, 0.1) is 11.3 Å². The summed E-state index contributed by atoms with van der Waals surface area (Å²) < 4.78 is 12.0. The average Bonchev–Trinajstić information content (AvgIpc) is 3.10. The molecule has 1 aromatic heterocycles. The second kappa shape index (κ2) is 7.40. The first-order chi connectivity index (χ1) is 12.7. The monoisotopic (exact) mass is 348 g/mol. The topological polar surface area (TPSA) is 92.7 Å². The summed E-state index contributed by atoms with van der Waals surface area (Å²) in [5.41, 5.74) is 1.73. The van der Waals surface area contributed by atoms with E-state index in [1.54, 1.807) is 36.4 Å². The predicted octanol–water partition coefficient (Wildman–Crippen LogP) is 3.22. The van der Waals surface area contributed by atoms with Crippen LogP contribution in [0.25, 0.3) is 5.69 Å². The number of methoxy groups -OCH3 is 2. The van der Waals surface area contributed by atoms with Gasteiger partial charge in [-0.2, -0.15) is 5.26 Å². The van der Waals surface area contributed by atoms with Gasteiger partial charge in [-0.25, -0.2) is 9.98 Å². The lowest BCUT2D eigenvalue weighted by atomic mass is 10.2. The number of imidazole rings is 1. The zero-order valence-electron chi connectivity index (χ0n) is 14.2. The van der Waals surface area contributed by atoms with Crippen molar-refractivity contribution < 1.29 is 14.6 Å². The zero-order valence-corrected chi connectivity index (χ0v) is 14.2. The van der Waals surface area contributed by atoms with E-state index in [4.69, 9.17) is 9.47 Å². The molecule has 130 valence electrons. The summed E-state index contributed by atoms with van der Waals surface area (Å²) >= 11 is 0. The molecule has 0 fully saturated rings. The molecule has 0 bridgehead atoms. The molecule has 0 aliphatic carbocycles. The third-order valence-corrected chi connectivity index (χ3v) is 3.74. The zero-order chi connectivity index (χ0) is 18.5. The van der Waals surface area contributed by atoms with Crippen molar-refractivity contribution in [3.8, 4) is 29.0 Å². The number of phenolic OH excluding ortho intramolecular Hbond substituents is 1. The second-order valence-corrected chi connectivity index (χ2v) is 5.29. The molecule has 2 aromatic carbocycles. The lowest BCUT2D eigenvalue weighted by molar-refractivity contribution is 0.373. The molecule has 7 nitrogen and oxygen atoms in total. The first kappa shape index (κ1) is 17.0. The largest absolute Gasteiger partial charge is 0.504 e. The lowest BCUT2D eigenvalue weighted by Crippen LogP contribution is -1.93. The molecule has 0 saturated heterocycles. The minimum absolute atomic E-state index is 0.0469. The molecule has 0 amide bonds. The molecule has 0 spiro atoms. The Kier molecular flexibility index (Phi) is 4.85. The Bertz CT molecular complexity index is 985. The molecule has 0 aliphatic heterocycles. The number of nitrogens with zero attached hydrogens (tertiary/aromatic N) is 4. The number of phenols is 1. The van der Waals surface area contributed by atoms with Crippen LogP contribution in [0.3, 0.4) is 0 Å². The number of aliphatic imine (C=N–C) groups is 1. The van der Waals surface area contributed by atoms with Gasteiger partial charge in [-0.15, -0.1) is 0 Å². The SMILES string of the molecule is COc1ccc(-n2cnc(C#N)c2/N=C/c2ccc(O)c(OC)c2)cc1. The van der Waals surface area contributed by atoms with Crippen LogP contribution < -0.4 is 9.47 Å². The Hall–Kier alpha value is -3.79. The standard InChI is InChI=1S/C19H16N4O3/c1-25-15-6-4-14(5-7-15)23-12-22-16(10-20)19(23)21-11-13-3-8-17(24)18(9-13)26-2/h3-9,11-12,24H,1-2H3/b21-11+. The van der Waals surface area contributed by atoms with Gasteiger partial charge >= 0.3 is 0 Å². The summed E-state index contributed by atoms with van der Waals surface area (Å²) in [5.74, 6) is 1.53. The fraction of sp³-hybridized carbons (Fsp3) is 0.105. The summed E-state index contributed by atoms with van der Waals surface area (Å²) in [5, 5.41) is 19.0. The van der Waals surface area contributed by atoms with Gasteiger partial charge in [0.2, 0.25) is 0 Å². The maximum absolute atomic E-state index is 9.67. The van der Waals surface area contributed by atoms with Crippen molar-refractivity contribution in [3.05, 3.63) is 60.0 Å². The van der Waals surface area contributed by atoms with E-state index in [0.29, 0.717) is 17.1 Å². The molecule has 3 aromatic rings. The van der Waals surface area contributed by atoms with Crippen LogP contribution in [0.15, 0.2) is 53.8 Å². The highest BCUT2D eigenvalue weighted by atomic mass is 16.5.